The van der Waals surface area contributed by atoms with Crippen LogP contribution >= 0.6 is 0 Å². The van der Waals surface area contributed by atoms with Crippen molar-refractivity contribution >= 4 is 38.0 Å². The molecule has 150 valence electrons. The molecule has 30 heavy (non-hydrogen) atoms. The van der Waals surface area contributed by atoms with Crippen LogP contribution in [0, 0.1) is 0 Å². The van der Waals surface area contributed by atoms with Crippen LogP contribution < -0.4 is 5.73 Å². The average Bonchev–Trinajstić information content (AvgIpc) is 2.73. The van der Waals surface area contributed by atoms with Gasteiger partial charge in [-0.3, -0.25) is 4.55 Å². The fourth-order valence-corrected chi connectivity index (χ4v) is 3.57. The number of nitrogen functional groups attached to an aromatic ring is 1. The minimum Gasteiger partial charge on any atom is -0.508 e. The van der Waals surface area contributed by atoms with Crippen LogP contribution in [-0.2, 0) is 10.1 Å². The minimum atomic E-state index is -4.33. The first-order chi connectivity index (χ1) is 14.3. The van der Waals surface area contributed by atoms with Crippen molar-refractivity contribution in [2.75, 3.05) is 5.73 Å². The van der Waals surface area contributed by atoms with E-state index in [1.165, 1.54) is 18.2 Å². The number of nitrogens with two attached hydrogens (primary N) is 1. The van der Waals surface area contributed by atoms with E-state index in [1.807, 2.05) is 36.4 Å². The van der Waals surface area contributed by atoms with Gasteiger partial charge in [-0.05, 0) is 59.7 Å². The molecule has 0 aliphatic heterocycles. The molecule has 4 aromatic carbocycles. The standard InChI is InChI=1S/C22H17N3O4S/c23-21-11-12-22(19-10-9-18(13-20(19)21)30(27,28)29)25-24-16-5-1-14(2-6-16)15-3-7-17(26)8-4-15/h1-13,26H,23H2,(H,27,28,29). The lowest BCUT2D eigenvalue weighted by Gasteiger charge is -2.06. The lowest BCUT2D eigenvalue weighted by molar-refractivity contribution is 0.475. The number of fused-ring (bicyclic) bond motifs is 1. The van der Waals surface area contributed by atoms with Crippen LogP contribution in [0.2, 0.25) is 0 Å². The molecule has 0 aromatic heterocycles. The number of azo groups is 1. The molecule has 0 heterocycles. The molecule has 0 amide bonds. The summed E-state index contributed by atoms with van der Waals surface area (Å²) in [4.78, 5) is -0.236. The van der Waals surface area contributed by atoms with Crippen molar-refractivity contribution < 1.29 is 18.1 Å². The summed E-state index contributed by atoms with van der Waals surface area (Å²) in [6.45, 7) is 0. The van der Waals surface area contributed by atoms with Crippen LogP contribution in [0.4, 0.5) is 17.1 Å². The van der Waals surface area contributed by atoms with Gasteiger partial charge in [-0.25, -0.2) is 0 Å². The second kappa shape index (κ2) is 7.58. The molecule has 4 aromatic rings. The van der Waals surface area contributed by atoms with Crippen molar-refractivity contribution in [3.8, 4) is 16.9 Å². The summed E-state index contributed by atoms with van der Waals surface area (Å²) in [5, 5.41) is 19.0. The summed E-state index contributed by atoms with van der Waals surface area (Å²) in [7, 11) is -4.33. The number of nitrogens with zero attached hydrogens (tertiary/aromatic N) is 2. The summed E-state index contributed by atoms with van der Waals surface area (Å²) in [5.74, 6) is 0.212. The second-order valence-electron chi connectivity index (χ2n) is 6.65. The fourth-order valence-electron chi connectivity index (χ4n) is 3.07. The Balaban J connectivity index is 1.65. The molecule has 4 rings (SSSR count). The molecule has 0 saturated heterocycles. The number of benzene rings is 4. The molecule has 8 heteroatoms. The first kappa shape index (κ1) is 19.6. The van der Waals surface area contributed by atoms with Crippen LogP contribution in [0.3, 0.4) is 0 Å². The quantitative estimate of drug-likeness (QED) is 0.230. The largest absolute Gasteiger partial charge is 0.508 e. The van der Waals surface area contributed by atoms with Gasteiger partial charge in [0, 0.05) is 16.5 Å². The molecule has 0 unspecified atom stereocenters. The van der Waals surface area contributed by atoms with Gasteiger partial charge < -0.3 is 10.8 Å². The summed E-state index contributed by atoms with van der Waals surface area (Å²) < 4.78 is 32.0. The highest BCUT2D eigenvalue weighted by molar-refractivity contribution is 7.85. The van der Waals surface area contributed by atoms with Crippen LogP contribution in [0.5, 0.6) is 5.75 Å². The lowest BCUT2D eigenvalue weighted by atomic mass is 10.1. The molecular formula is C22H17N3O4S. The number of hydrogen-bond donors (Lipinski definition) is 3. The topological polar surface area (TPSA) is 125 Å². The highest BCUT2D eigenvalue weighted by Crippen LogP contribution is 2.33. The van der Waals surface area contributed by atoms with Crippen LogP contribution in [0.15, 0.2) is 94.0 Å². The minimum absolute atomic E-state index is 0.212. The van der Waals surface area contributed by atoms with Gasteiger partial charge in [0.25, 0.3) is 10.1 Å². The number of phenols is 1. The third-order valence-corrected chi connectivity index (χ3v) is 5.49. The molecule has 0 spiro atoms. The van der Waals surface area contributed by atoms with Crippen molar-refractivity contribution in [2.24, 2.45) is 10.2 Å². The SMILES string of the molecule is Nc1ccc(N=Nc2ccc(-c3ccc(O)cc3)cc2)c2ccc(S(=O)(=O)O)cc12. The first-order valence-electron chi connectivity index (χ1n) is 8.92. The van der Waals surface area contributed by atoms with Crippen molar-refractivity contribution in [3.63, 3.8) is 0 Å². The highest BCUT2D eigenvalue weighted by Gasteiger charge is 2.12. The molecule has 7 nitrogen and oxygen atoms in total. The van der Waals surface area contributed by atoms with Crippen LogP contribution in [0.25, 0.3) is 21.9 Å². The zero-order valence-corrected chi connectivity index (χ0v) is 16.4. The highest BCUT2D eigenvalue weighted by atomic mass is 32.2. The molecule has 0 saturated carbocycles. The van der Waals surface area contributed by atoms with E-state index in [4.69, 9.17) is 5.73 Å². The van der Waals surface area contributed by atoms with Crippen molar-refractivity contribution in [1.82, 2.24) is 0 Å². The second-order valence-corrected chi connectivity index (χ2v) is 8.07. The van der Waals surface area contributed by atoms with E-state index < -0.39 is 10.1 Å². The van der Waals surface area contributed by atoms with E-state index in [2.05, 4.69) is 10.2 Å². The fraction of sp³-hybridized carbons (Fsp3) is 0. The number of hydrogen-bond acceptors (Lipinski definition) is 6. The zero-order chi connectivity index (χ0) is 21.3. The van der Waals surface area contributed by atoms with E-state index >= 15 is 0 Å². The van der Waals surface area contributed by atoms with Gasteiger partial charge in [0.2, 0.25) is 0 Å². The Hall–Kier alpha value is -3.75. The molecular weight excluding hydrogens is 402 g/mol. The van der Waals surface area contributed by atoms with Gasteiger partial charge in [-0.15, -0.1) is 5.11 Å². The van der Waals surface area contributed by atoms with Gasteiger partial charge in [-0.2, -0.15) is 13.5 Å². The van der Waals surface area contributed by atoms with Crippen molar-refractivity contribution in [3.05, 3.63) is 78.9 Å². The van der Waals surface area contributed by atoms with E-state index in [9.17, 15) is 18.1 Å². The zero-order valence-electron chi connectivity index (χ0n) is 15.6. The molecule has 0 fully saturated rings. The Bertz CT molecular complexity index is 1360. The van der Waals surface area contributed by atoms with E-state index in [1.54, 1.807) is 24.3 Å². The van der Waals surface area contributed by atoms with Gasteiger partial charge in [0.15, 0.2) is 0 Å². The molecule has 0 aliphatic carbocycles. The molecule has 0 radical (unpaired) electrons. The summed E-state index contributed by atoms with van der Waals surface area (Å²) in [5.41, 5.74) is 9.43. The van der Waals surface area contributed by atoms with Gasteiger partial charge >= 0.3 is 0 Å². The smallest absolute Gasteiger partial charge is 0.294 e. The number of anilines is 1. The molecule has 0 aliphatic rings. The van der Waals surface area contributed by atoms with Crippen LogP contribution in [-0.4, -0.2) is 18.1 Å². The van der Waals surface area contributed by atoms with E-state index in [-0.39, 0.29) is 10.6 Å². The summed E-state index contributed by atoms with van der Waals surface area (Å²) in [6, 6.07) is 21.8. The first-order valence-corrected chi connectivity index (χ1v) is 10.4. The maximum atomic E-state index is 11.4. The summed E-state index contributed by atoms with van der Waals surface area (Å²) >= 11 is 0. The van der Waals surface area contributed by atoms with Gasteiger partial charge in [-0.1, -0.05) is 30.3 Å². The van der Waals surface area contributed by atoms with E-state index in [0.717, 1.165) is 11.1 Å². The Kier molecular flexibility index (Phi) is 4.94. The Morgan fingerprint density at radius 3 is 2.00 bits per heavy atom. The van der Waals surface area contributed by atoms with Crippen molar-refractivity contribution in [2.45, 2.75) is 4.90 Å². The Morgan fingerprint density at radius 1 is 0.733 bits per heavy atom. The van der Waals surface area contributed by atoms with Crippen LogP contribution in [0.1, 0.15) is 0 Å². The van der Waals surface area contributed by atoms with Gasteiger partial charge in [0.1, 0.15) is 5.75 Å². The lowest BCUT2D eigenvalue weighted by Crippen LogP contribution is -1.98. The average molecular weight is 419 g/mol. The predicted molar refractivity (Wildman–Crippen MR) is 116 cm³/mol. The Morgan fingerprint density at radius 2 is 1.37 bits per heavy atom. The maximum Gasteiger partial charge on any atom is 0.294 e. The maximum absolute atomic E-state index is 11.4. The molecule has 0 bridgehead atoms. The van der Waals surface area contributed by atoms with Gasteiger partial charge in [0.05, 0.1) is 16.3 Å². The third-order valence-electron chi connectivity index (χ3n) is 4.64. The number of aromatic hydroxyl groups is 1. The monoisotopic (exact) mass is 419 g/mol. The third kappa shape index (κ3) is 4.00. The number of phenolic OH excluding ortho intramolecular Hbond substituents is 1. The Labute approximate surface area is 172 Å². The van der Waals surface area contributed by atoms with E-state index in [0.29, 0.717) is 27.8 Å². The number of rotatable bonds is 4. The predicted octanol–water partition coefficient (Wildman–Crippen LogP) is 5.46. The molecule has 0 atom stereocenters. The summed E-state index contributed by atoms with van der Waals surface area (Å²) in [6.07, 6.45) is 0. The normalized spacial score (nSPS) is 11.9. The molecule has 4 N–H and O–H groups in total. The van der Waals surface area contributed by atoms with Crippen molar-refractivity contribution in [1.29, 1.82) is 0 Å².